The van der Waals surface area contributed by atoms with Crippen LogP contribution in [0.5, 0.6) is 0 Å². The summed E-state index contributed by atoms with van der Waals surface area (Å²) in [7, 11) is 0. The second-order valence-electron chi connectivity index (χ2n) is 4.31. The van der Waals surface area contributed by atoms with Crippen LogP contribution in [0.1, 0.15) is 18.9 Å². The summed E-state index contributed by atoms with van der Waals surface area (Å²) >= 11 is 12.0. The highest BCUT2D eigenvalue weighted by Crippen LogP contribution is 2.24. The first-order chi connectivity index (χ1) is 8.70. The Morgan fingerprint density at radius 3 is 2.78 bits per heavy atom. The van der Waals surface area contributed by atoms with E-state index in [1.54, 1.807) is 0 Å². The van der Waals surface area contributed by atoms with E-state index in [9.17, 15) is 0 Å². The molecular weight excluding hydrogens is 269 g/mol. The zero-order valence-corrected chi connectivity index (χ0v) is 11.9. The van der Waals surface area contributed by atoms with Crippen LogP contribution in [-0.2, 0) is 11.2 Å². The molecule has 0 aromatic heterocycles. The summed E-state index contributed by atoms with van der Waals surface area (Å²) in [6.07, 6.45) is 4.01. The van der Waals surface area contributed by atoms with E-state index in [2.05, 4.69) is 18.3 Å². The molecule has 1 N–H and O–H groups in total. The van der Waals surface area contributed by atoms with Gasteiger partial charge in [0.25, 0.3) is 0 Å². The highest BCUT2D eigenvalue weighted by atomic mass is 35.5. The lowest BCUT2D eigenvalue weighted by Crippen LogP contribution is -2.33. The van der Waals surface area contributed by atoms with Gasteiger partial charge in [0.15, 0.2) is 0 Å². The second kappa shape index (κ2) is 6.46. The molecular formula is C14H17Cl2NO. The van der Waals surface area contributed by atoms with Gasteiger partial charge in [0.1, 0.15) is 5.76 Å². The van der Waals surface area contributed by atoms with Crippen LogP contribution in [0, 0.1) is 0 Å². The average molecular weight is 286 g/mol. The molecule has 1 unspecified atom stereocenters. The van der Waals surface area contributed by atoms with Gasteiger partial charge in [-0.1, -0.05) is 36.2 Å². The highest BCUT2D eigenvalue weighted by Gasteiger charge is 2.18. The van der Waals surface area contributed by atoms with E-state index < -0.39 is 0 Å². The normalized spacial score (nSPS) is 16.3. The van der Waals surface area contributed by atoms with E-state index in [0.717, 1.165) is 37.3 Å². The average Bonchev–Trinajstić information content (AvgIpc) is 2.87. The van der Waals surface area contributed by atoms with Gasteiger partial charge in [0.05, 0.1) is 22.7 Å². The van der Waals surface area contributed by atoms with E-state index in [0.29, 0.717) is 10.0 Å². The summed E-state index contributed by atoms with van der Waals surface area (Å²) in [6, 6.07) is 5.99. The van der Waals surface area contributed by atoms with Gasteiger partial charge >= 0.3 is 0 Å². The summed E-state index contributed by atoms with van der Waals surface area (Å²) in [6.45, 7) is 3.79. The molecule has 0 fully saturated rings. The summed E-state index contributed by atoms with van der Waals surface area (Å²) < 4.78 is 5.63. The van der Waals surface area contributed by atoms with E-state index in [4.69, 9.17) is 27.9 Å². The first-order valence-corrected chi connectivity index (χ1v) is 6.96. The molecule has 0 spiro atoms. The molecule has 0 saturated heterocycles. The molecule has 2 rings (SSSR count). The predicted molar refractivity (Wildman–Crippen MR) is 76.3 cm³/mol. The topological polar surface area (TPSA) is 21.3 Å². The number of rotatable bonds is 5. The zero-order valence-electron chi connectivity index (χ0n) is 10.4. The van der Waals surface area contributed by atoms with Crippen molar-refractivity contribution < 1.29 is 4.74 Å². The van der Waals surface area contributed by atoms with Crippen LogP contribution in [-0.4, -0.2) is 19.2 Å². The maximum atomic E-state index is 6.04. The van der Waals surface area contributed by atoms with Gasteiger partial charge in [0.2, 0.25) is 0 Å². The largest absolute Gasteiger partial charge is 0.496 e. The van der Waals surface area contributed by atoms with Crippen molar-refractivity contribution in [2.45, 2.75) is 25.8 Å². The molecule has 1 aliphatic heterocycles. The quantitative estimate of drug-likeness (QED) is 0.888. The van der Waals surface area contributed by atoms with Gasteiger partial charge in [0, 0.05) is 6.42 Å². The van der Waals surface area contributed by atoms with Crippen LogP contribution in [0.25, 0.3) is 0 Å². The van der Waals surface area contributed by atoms with E-state index in [-0.39, 0.29) is 6.04 Å². The molecule has 0 bridgehead atoms. The van der Waals surface area contributed by atoms with Gasteiger partial charge in [-0.2, -0.15) is 0 Å². The number of ether oxygens (including phenoxy) is 1. The molecule has 98 valence electrons. The molecule has 0 radical (unpaired) electrons. The number of halogens is 2. The fourth-order valence-electron chi connectivity index (χ4n) is 2.10. The third kappa shape index (κ3) is 3.41. The molecule has 1 heterocycles. The van der Waals surface area contributed by atoms with Crippen molar-refractivity contribution in [3.05, 3.63) is 45.6 Å². The van der Waals surface area contributed by atoms with E-state index >= 15 is 0 Å². The number of likely N-dealkylation sites (N-methyl/N-ethyl adjacent to an activating group) is 1. The molecule has 2 nitrogen and oxygen atoms in total. The number of hydrogen-bond acceptors (Lipinski definition) is 2. The Morgan fingerprint density at radius 2 is 2.17 bits per heavy atom. The van der Waals surface area contributed by atoms with Gasteiger partial charge in [-0.25, -0.2) is 0 Å². The third-order valence-electron chi connectivity index (χ3n) is 2.95. The smallest absolute Gasteiger partial charge is 0.109 e. The highest BCUT2D eigenvalue weighted by molar-refractivity contribution is 6.42. The molecule has 4 heteroatoms. The number of hydrogen-bond donors (Lipinski definition) is 1. The van der Waals surface area contributed by atoms with E-state index in [1.807, 2.05) is 18.2 Å². The molecule has 0 aliphatic carbocycles. The second-order valence-corrected chi connectivity index (χ2v) is 5.12. The molecule has 18 heavy (non-hydrogen) atoms. The number of benzene rings is 1. The Balaban J connectivity index is 2.10. The fourth-order valence-corrected chi connectivity index (χ4v) is 2.42. The van der Waals surface area contributed by atoms with Crippen LogP contribution in [0.2, 0.25) is 10.0 Å². The first-order valence-electron chi connectivity index (χ1n) is 6.21. The van der Waals surface area contributed by atoms with Gasteiger partial charge in [-0.15, -0.1) is 0 Å². The van der Waals surface area contributed by atoms with Crippen molar-refractivity contribution in [3.8, 4) is 0 Å². The summed E-state index contributed by atoms with van der Waals surface area (Å²) in [5, 5.41) is 4.63. The van der Waals surface area contributed by atoms with Crippen LogP contribution in [0.3, 0.4) is 0 Å². The SMILES string of the molecule is CCNC(Cc1ccc(Cl)c(Cl)c1)C1=CCCO1. The summed E-state index contributed by atoms with van der Waals surface area (Å²) in [5.74, 6) is 1.04. The Morgan fingerprint density at radius 1 is 1.33 bits per heavy atom. The third-order valence-corrected chi connectivity index (χ3v) is 3.69. The lowest BCUT2D eigenvalue weighted by molar-refractivity contribution is 0.215. The molecule has 1 aromatic carbocycles. The van der Waals surface area contributed by atoms with Gasteiger partial charge in [-0.05, 0) is 36.7 Å². The predicted octanol–water partition coefficient (Wildman–Crippen LogP) is 3.82. The first kappa shape index (κ1) is 13.7. The molecule has 1 atom stereocenters. The molecule has 1 aromatic rings. The van der Waals surface area contributed by atoms with Crippen LogP contribution >= 0.6 is 23.2 Å². The summed E-state index contributed by atoms with van der Waals surface area (Å²) in [5.41, 5.74) is 1.16. The van der Waals surface area contributed by atoms with Crippen LogP contribution in [0.15, 0.2) is 30.0 Å². The fraction of sp³-hybridized carbons (Fsp3) is 0.429. The Hall–Kier alpha value is -0.700. The zero-order chi connectivity index (χ0) is 13.0. The van der Waals surface area contributed by atoms with Gasteiger partial charge < -0.3 is 10.1 Å². The Kier molecular flexibility index (Phi) is 4.93. The minimum absolute atomic E-state index is 0.217. The van der Waals surface area contributed by atoms with Crippen molar-refractivity contribution in [2.75, 3.05) is 13.2 Å². The molecule has 1 aliphatic rings. The van der Waals surface area contributed by atoms with Crippen molar-refractivity contribution in [1.29, 1.82) is 0 Å². The standard InChI is InChI=1S/C14H17Cl2NO/c1-2-17-13(14-4-3-7-18-14)9-10-5-6-11(15)12(16)8-10/h4-6,8,13,17H,2-3,7,9H2,1H3. The number of nitrogens with one attached hydrogen (secondary N) is 1. The Bertz CT molecular complexity index is 445. The minimum Gasteiger partial charge on any atom is -0.496 e. The van der Waals surface area contributed by atoms with Crippen molar-refractivity contribution >= 4 is 23.2 Å². The minimum atomic E-state index is 0.217. The maximum Gasteiger partial charge on any atom is 0.109 e. The van der Waals surface area contributed by atoms with Crippen LogP contribution in [0.4, 0.5) is 0 Å². The van der Waals surface area contributed by atoms with Crippen LogP contribution < -0.4 is 5.32 Å². The maximum absolute atomic E-state index is 6.04. The lowest BCUT2D eigenvalue weighted by atomic mass is 10.0. The van der Waals surface area contributed by atoms with Gasteiger partial charge in [-0.3, -0.25) is 0 Å². The lowest BCUT2D eigenvalue weighted by Gasteiger charge is -2.19. The summed E-state index contributed by atoms with van der Waals surface area (Å²) in [4.78, 5) is 0. The Labute approximate surface area is 118 Å². The van der Waals surface area contributed by atoms with Crippen molar-refractivity contribution in [2.24, 2.45) is 0 Å². The molecule has 0 amide bonds. The van der Waals surface area contributed by atoms with Crippen molar-refractivity contribution in [1.82, 2.24) is 5.32 Å². The van der Waals surface area contributed by atoms with E-state index in [1.165, 1.54) is 0 Å². The van der Waals surface area contributed by atoms with Crippen molar-refractivity contribution in [3.63, 3.8) is 0 Å². The monoisotopic (exact) mass is 285 g/mol. The molecule has 0 saturated carbocycles.